The van der Waals surface area contributed by atoms with Gasteiger partial charge in [-0.15, -0.1) is 12.4 Å². The Labute approximate surface area is 138 Å². The molecule has 0 radical (unpaired) electrons. The Bertz CT molecular complexity index is 473. The Kier molecular flexibility index (Phi) is 7.50. The van der Waals surface area contributed by atoms with Gasteiger partial charge in [0.15, 0.2) is 0 Å². The molecular formula is C16H24Cl2N2O. The minimum Gasteiger partial charge on any atom is -0.348 e. The van der Waals surface area contributed by atoms with E-state index in [0.717, 1.165) is 18.4 Å². The van der Waals surface area contributed by atoms with E-state index < -0.39 is 0 Å². The first-order valence-electron chi connectivity index (χ1n) is 7.39. The molecule has 1 aromatic rings. The van der Waals surface area contributed by atoms with Crippen molar-refractivity contribution in [1.29, 1.82) is 0 Å². The van der Waals surface area contributed by atoms with E-state index in [1.165, 1.54) is 19.3 Å². The lowest BCUT2D eigenvalue weighted by Crippen LogP contribution is -2.46. The number of nitrogens with two attached hydrogens (primary N) is 1. The molecule has 3 nitrogen and oxygen atoms in total. The summed E-state index contributed by atoms with van der Waals surface area (Å²) in [6.45, 7) is 2.42. The smallest absolute Gasteiger partial charge is 0.251 e. The van der Waals surface area contributed by atoms with Gasteiger partial charge < -0.3 is 11.1 Å². The monoisotopic (exact) mass is 330 g/mol. The second kappa shape index (κ2) is 8.62. The van der Waals surface area contributed by atoms with E-state index in [1.807, 2.05) is 13.0 Å². The third-order valence-corrected chi connectivity index (χ3v) is 4.47. The third kappa shape index (κ3) is 4.87. The molecule has 1 aromatic carbocycles. The average Bonchev–Trinajstić information content (AvgIpc) is 2.48. The number of hydrogen-bond acceptors (Lipinski definition) is 2. The fourth-order valence-electron chi connectivity index (χ4n) is 2.99. The van der Waals surface area contributed by atoms with Gasteiger partial charge in [-0.25, -0.2) is 0 Å². The van der Waals surface area contributed by atoms with Crippen LogP contribution in [0.15, 0.2) is 18.2 Å². The van der Waals surface area contributed by atoms with Gasteiger partial charge >= 0.3 is 0 Å². The minimum absolute atomic E-state index is 0. The summed E-state index contributed by atoms with van der Waals surface area (Å²) in [6, 6.07) is 5.46. The van der Waals surface area contributed by atoms with Crippen molar-refractivity contribution in [3.8, 4) is 0 Å². The normalized spacial score (nSPS) is 16.9. The summed E-state index contributed by atoms with van der Waals surface area (Å²) < 4.78 is 0. The van der Waals surface area contributed by atoms with E-state index in [0.29, 0.717) is 23.0 Å². The van der Waals surface area contributed by atoms with Gasteiger partial charge in [0, 0.05) is 23.2 Å². The molecule has 0 bridgehead atoms. The summed E-state index contributed by atoms with van der Waals surface area (Å²) in [5.41, 5.74) is 7.44. The molecule has 3 N–H and O–H groups in total. The van der Waals surface area contributed by atoms with Crippen molar-refractivity contribution < 1.29 is 4.79 Å². The molecule has 1 fully saturated rings. The van der Waals surface area contributed by atoms with E-state index in [9.17, 15) is 4.79 Å². The van der Waals surface area contributed by atoms with Crippen LogP contribution in [0.3, 0.4) is 0 Å². The molecule has 2 rings (SSSR count). The molecule has 1 saturated carbocycles. The zero-order valence-corrected chi connectivity index (χ0v) is 14.0. The first-order valence-corrected chi connectivity index (χ1v) is 7.76. The number of halogens is 2. The molecule has 0 saturated heterocycles. The molecule has 118 valence electrons. The standard InChI is InChI=1S/C16H23ClN2O.ClH/c1-11-7-8-13(17)9-14(11)16(20)19-15(10-18)12-5-3-2-4-6-12;/h7-9,12,15H,2-6,10,18H2,1H3,(H,19,20);1H. The first-order chi connectivity index (χ1) is 9.61. The summed E-state index contributed by atoms with van der Waals surface area (Å²) in [5.74, 6) is 0.447. The largest absolute Gasteiger partial charge is 0.348 e. The number of hydrogen-bond donors (Lipinski definition) is 2. The Morgan fingerprint density at radius 2 is 2.05 bits per heavy atom. The molecule has 21 heavy (non-hydrogen) atoms. The highest BCUT2D eigenvalue weighted by molar-refractivity contribution is 6.31. The molecule has 1 unspecified atom stereocenters. The molecule has 1 amide bonds. The summed E-state index contributed by atoms with van der Waals surface area (Å²) in [7, 11) is 0. The van der Waals surface area contributed by atoms with Crippen molar-refractivity contribution in [2.24, 2.45) is 11.7 Å². The second-order valence-electron chi connectivity index (χ2n) is 5.67. The van der Waals surface area contributed by atoms with E-state index in [4.69, 9.17) is 17.3 Å². The maximum Gasteiger partial charge on any atom is 0.251 e. The summed E-state index contributed by atoms with van der Waals surface area (Å²) in [6.07, 6.45) is 6.11. The Morgan fingerprint density at radius 3 is 2.67 bits per heavy atom. The van der Waals surface area contributed by atoms with E-state index in [2.05, 4.69) is 5.32 Å². The van der Waals surface area contributed by atoms with Gasteiger partial charge in [-0.3, -0.25) is 4.79 Å². The van der Waals surface area contributed by atoms with Crippen LogP contribution < -0.4 is 11.1 Å². The van der Waals surface area contributed by atoms with Crippen molar-refractivity contribution >= 4 is 29.9 Å². The summed E-state index contributed by atoms with van der Waals surface area (Å²) in [4.78, 5) is 12.4. The van der Waals surface area contributed by atoms with Crippen molar-refractivity contribution in [3.63, 3.8) is 0 Å². The van der Waals surface area contributed by atoms with Gasteiger partial charge in [-0.05, 0) is 43.4 Å². The molecule has 0 spiro atoms. The highest BCUT2D eigenvalue weighted by Crippen LogP contribution is 2.26. The summed E-state index contributed by atoms with van der Waals surface area (Å²) in [5, 5.41) is 3.68. The van der Waals surface area contributed by atoms with Crippen LogP contribution in [0.25, 0.3) is 0 Å². The van der Waals surface area contributed by atoms with Gasteiger partial charge in [0.2, 0.25) is 0 Å². The highest BCUT2D eigenvalue weighted by Gasteiger charge is 2.24. The predicted octanol–water partition coefficient (Wildman–Crippen LogP) is 3.71. The second-order valence-corrected chi connectivity index (χ2v) is 6.11. The molecule has 1 aliphatic carbocycles. The Hall–Kier alpha value is -0.770. The van der Waals surface area contributed by atoms with Crippen molar-refractivity contribution in [2.75, 3.05) is 6.54 Å². The topological polar surface area (TPSA) is 55.1 Å². The Balaban J connectivity index is 0.00000220. The van der Waals surface area contributed by atoms with Crippen LogP contribution in [-0.4, -0.2) is 18.5 Å². The van der Waals surface area contributed by atoms with Crippen LogP contribution >= 0.6 is 24.0 Å². The molecule has 0 heterocycles. The van der Waals surface area contributed by atoms with Crippen molar-refractivity contribution in [1.82, 2.24) is 5.32 Å². The van der Waals surface area contributed by atoms with Gasteiger partial charge in [0.1, 0.15) is 0 Å². The number of carbonyl (C=O) groups excluding carboxylic acids is 1. The number of nitrogens with one attached hydrogen (secondary N) is 1. The average molecular weight is 331 g/mol. The van der Waals surface area contributed by atoms with E-state index in [-0.39, 0.29) is 24.4 Å². The van der Waals surface area contributed by atoms with Gasteiger partial charge in [0.25, 0.3) is 5.91 Å². The van der Waals surface area contributed by atoms with Crippen LogP contribution in [0.5, 0.6) is 0 Å². The zero-order chi connectivity index (χ0) is 14.5. The number of benzene rings is 1. The fraction of sp³-hybridized carbons (Fsp3) is 0.562. The van der Waals surface area contributed by atoms with Gasteiger partial charge in [0.05, 0.1) is 0 Å². The van der Waals surface area contributed by atoms with Crippen LogP contribution in [0, 0.1) is 12.8 Å². The number of aryl methyl sites for hydroxylation is 1. The zero-order valence-electron chi connectivity index (χ0n) is 12.4. The number of amides is 1. The lowest BCUT2D eigenvalue weighted by atomic mass is 9.83. The molecule has 0 aromatic heterocycles. The van der Waals surface area contributed by atoms with Crippen LogP contribution in [0.2, 0.25) is 5.02 Å². The van der Waals surface area contributed by atoms with Crippen LogP contribution in [0.1, 0.15) is 48.0 Å². The maximum absolute atomic E-state index is 12.4. The highest BCUT2D eigenvalue weighted by atomic mass is 35.5. The molecular weight excluding hydrogens is 307 g/mol. The molecule has 1 atom stereocenters. The van der Waals surface area contributed by atoms with Gasteiger partial charge in [-0.1, -0.05) is 36.9 Å². The van der Waals surface area contributed by atoms with Crippen LogP contribution in [-0.2, 0) is 0 Å². The van der Waals surface area contributed by atoms with E-state index >= 15 is 0 Å². The van der Waals surface area contributed by atoms with E-state index in [1.54, 1.807) is 12.1 Å². The third-order valence-electron chi connectivity index (χ3n) is 4.23. The predicted molar refractivity (Wildman–Crippen MR) is 90.3 cm³/mol. The molecule has 0 aliphatic heterocycles. The van der Waals surface area contributed by atoms with Crippen molar-refractivity contribution in [2.45, 2.75) is 45.1 Å². The lowest BCUT2D eigenvalue weighted by molar-refractivity contribution is 0.0915. The fourth-order valence-corrected chi connectivity index (χ4v) is 3.16. The molecule has 1 aliphatic rings. The summed E-state index contributed by atoms with van der Waals surface area (Å²) >= 11 is 5.98. The minimum atomic E-state index is -0.0639. The van der Waals surface area contributed by atoms with Crippen molar-refractivity contribution in [3.05, 3.63) is 34.3 Å². The quantitative estimate of drug-likeness (QED) is 0.884. The Morgan fingerprint density at radius 1 is 1.38 bits per heavy atom. The first kappa shape index (κ1) is 18.3. The van der Waals surface area contributed by atoms with Gasteiger partial charge in [-0.2, -0.15) is 0 Å². The number of carbonyl (C=O) groups is 1. The van der Waals surface area contributed by atoms with Crippen LogP contribution in [0.4, 0.5) is 0 Å². The maximum atomic E-state index is 12.4. The lowest BCUT2D eigenvalue weighted by Gasteiger charge is -2.30. The molecule has 5 heteroatoms. The SMILES string of the molecule is Cc1ccc(Cl)cc1C(=O)NC(CN)C1CCCCC1.Cl. The number of rotatable bonds is 4.